The van der Waals surface area contributed by atoms with Crippen molar-refractivity contribution >= 4 is 28.8 Å². The number of piperidine rings is 1. The number of hydrogen-bond donors (Lipinski definition) is 3. The fraction of sp³-hybridized carbons (Fsp3) is 0.417. The lowest BCUT2D eigenvalue weighted by Crippen LogP contribution is -2.39. The summed E-state index contributed by atoms with van der Waals surface area (Å²) < 4.78 is 0. The first-order valence-electron chi connectivity index (χ1n) is 11.2. The number of hydrogen-bond acceptors (Lipinski definition) is 7. The summed E-state index contributed by atoms with van der Waals surface area (Å²) >= 11 is 0. The van der Waals surface area contributed by atoms with E-state index < -0.39 is 5.97 Å². The Bertz CT molecular complexity index is 1190. The SMILES string of the molecule is Cc1c2c(nc3nc(NC4CCN(Cc5cccc(C(=O)O)c5)CC4)nc(N)c13)CCC2. The fourth-order valence-corrected chi connectivity index (χ4v) is 4.98. The Hall–Kier alpha value is -3.26. The second-order valence-electron chi connectivity index (χ2n) is 8.85. The van der Waals surface area contributed by atoms with Gasteiger partial charge in [0.15, 0.2) is 5.65 Å². The number of pyridine rings is 1. The maximum atomic E-state index is 11.2. The molecule has 0 spiro atoms. The number of aryl methyl sites for hydroxylation is 2. The van der Waals surface area contributed by atoms with Crippen LogP contribution < -0.4 is 11.1 Å². The summed E-state index contributed by atoms with van der Waals surface area (Å²) in [6.07, 6.45) is 5.11. The molecule has 0 unspecified atom stereocenters. The summed E-state index contributed by atoms with van der Waals surface area (Å²) in [5, 5.41) is 13.5. The third-order valence-electron chi connectivity index (χ3n) is 6.68. The first kappa shape index (κ1) is 20.6. The van der Waals surface area contributed by atoms with E-state index >= 15 is 0 Å². The lowest BCUT2D eigenvalue weighted by Gasteiger charge is -2.32. The molecule has 32 heavy (non-hydrogen) atoms. The van der Waals surface area contributed by atoms with Crippen molar-refractivity contribution in [3.63, 3.8) is 0 Å². The number of carbonyl (C=O) groups is 1. The summed E-state index contributed by atoms with van der Waals surface area (Å²) in [7, 11) is 0. The molecular formula is C24H28N6O2. The van der Waals surface area contributed by atoms with E-state index in [0.717, 1.165) is 68.4 Å². The minimum atomic E-state index is -0.890. The van der Waals surface area contributed by atoms with E-state index in [1.165, 1.54) is 11.1 Å². The van der Waals surface area contributed by atoms with Crippen LogP contribution in [0.15, 0.2) is 24.3 Å². The zero-order chi connectivity index (χ0) is 22.2. The average molecular weight is 433 g/mol. The molecule has 4 N–H and O–H groups in total. The molecule has 0 amide bonds. The predicted molar refractivity (Wildman–Crippen MR) is 124 cm³/mol. The first-order chi connectivity index (χ1) is 15.5. The highest BCUT2D eigenvalue weighted by atomic mass is 16.4. The molecule has 0 radical (unpaired) electrons. The van der Waals surface area contributed by atoms with E-state index in [2.05, 4.69) is 22.1 Å². The molecule has 166 valence electrons. The van der Waals surface area contributed by atoms with Gasteiger partial charge in [-0.2, -0.15) is 9.97 Å². The zero-order valence-corrected chi connectivity index (χ0v) is 18.3. The van der Waals surface area contributed by atoms with Gasteiger partial charge in [-0.25, -0.2) is 9.78 Å². The molecule has 1 saturated heterocycles. The summed E-state index contributed by atoms with van der Waals surface area (Å²) in [6.45, 7) is 4.69. The molecule has 1 aliphatic carbocycles. The van der Waals surface area contributed by atoms with E-state index in [1.807, 2.05) is 6.07 Å². The summed E-state index contributed by atoms with van der Waals surface area (Å²) in [5.41, 5.74) is 12.0. The maximum Gasteiger partial charge on any atom is 0.335 e. The number of likely N-dealkylation sites (tertiary alicyclic amines) is 1. The number of nitrogen functional groups attached to an aromatic ring is 1. The number of nitrogens with zero attached hydrogens (tertiary/aromatic N) is 4. The number of carboxylic acid groups (broad SMARTS) is 1. The molecular weight excluding hydrogens is 404 g/mol. The molecule has 3 heterocycles. The number of aromatic carboxylic acids is 1. The molecule has 8 nitrogen and oxygen atoms in total. The van der Waals surface area contributed by atoms with Gasteiger partial charge in [0.25, 0.3) is 0 Å². The van der Waals surface area contributed by atoms with Crippen molar-refractivity contribution in [1.29, 1.82) is 0 Å². The maximum absolute atomic E-state index is 11.2. The molecule has 1 aromatic carbocycles. The van der Waals surface area contributed by atoms with Crippen molar-refractivity contribution in [2.45, 2.75) is 51.6 Å². The predicted octanol–water partition coefficient (Wildman–Crippen LogP) is 3.18. The van der Waals surface area contributed by atoms with Crippen LogP contribution in [0, 0.1) is 6.92 Å². The average Bonchev–Trinajstić information content (AvgIpc) is 3.24. The van der Waals surface area contributed by atoms with Crippen LogP contribution in [-0.2, 0) is 19.4 Å². The number of aromatic nitrogens is 3. The van der Waals surface area contributed by atoms with Crippen LogP contribution in [0.2, 0.25) is 0 Å². The fourth-order valence-electron chi connectivity index (χ4n) is 4.98. The number of anilines is 2. The smallest absolute Gasteiger partial charge is 0.335 e. The van der Waals surface area contributed by atoms with E-state index in [9.17, 15) is 9.90 Å². The Morgan fingerprint density at radius 1 is 1.22 bits per heavy atom. The van der Waals surface area contributed by atoms with Gasteiger partial charge >= 0.3 is 5.97 Å². The van der Waals surface area contributed by atoms with Gasteiger partial charge in [0, 0.05) is 31.4 Å². The van der Waals surface area contributed by atoms with Gasteiger partial charge in [0.1, 0.15) is 5.82 Å². The lowest BCUT2D eigenvalue weighted by atomic mass is 10.0. The standard InChI is InChI=1S/C24H28N6O2/c1-14-18-6-3-7-19(18)27-22-20(14)21(25)28-24(29-22)26-17-8-10-30(11-9-17)13-15-4-2-5-16(12-15)23(31)32/h2,4-5,12,17H,3,6-11,13H2,1H3,(H,31,32)(H3,25,26,27,28,29). The van der Waals surface area contributed by atoms with Crippen molar-refractivity contribution in [2.75, 3.05) is 24.1 Å². The van der Waals surface area contributed by atoms with Gasteiger partial charge in [-0.1, -0.05) is 12.1 Å². The Balaban J connectivity index is 1.25. The number of carboxylic acids is 1. The lowest BCUT2D eigenvalue weighted by molar-refractivity contribution is 0.0696. The molecule has 0 saturated carbocycles. The summed E-state index contributed by atoms with van der Waals surface area (Å²) in [6, 6.07) is 7.43. The van der Waals surface area contributed by atoms with E-state index in [4.69, 9.17) is 15.7 Å². The van der Waals surface area contributed by atoms with E-state index in [1.54, 1.807) is 18.2 Å². The quantitative estimate of drug-likeness (QED) is 0.563. The molecule has 1 aliphatic heterocycles. The van der Waals surface area contributed by atoms with Gasteiger partial charge in [-0.15, -0.1) is 0 Å². The second-order valence-corrected chi connectivity index (χ2v) is 8.85. The van der Waals surface area contributed by atoms with Crippen LogP contribution in [-0.4, -0.2) is 50.1 Å². The molecule has 8 heteroatoms. The Morgan fingerprint density at radius 2 is 2.03 bits per heavy atom. The van der Waals surface area contributed by atoms with Gasteiger partial charge in [-0.05, 0) is 67.9 Å². The Labute approximate surface area is 186 Å². The van der Waals surface area contributed by atoms with Crippen LogP contribution in [0.25, 0.3) is 11.0 Å². The normalized spacial score (nSPS) is 16.9. The van der Waals surface area contributed by atoms with E-state index in [-0.39, 0.29) is 6.04 Å². The third kappa shape index (κ3) is 3.98. The molecule has 0 atom stereocenters. The Kier molecular flexibility index (Phi) is 5.38. The molecule has 2 aromatic heterocycles. The van der Waals surface area contributed by atoms with Crippen molar-refractivity contribution in [3.8, 4) is 0 Å². The first-order valence-corrected chi connectivity index (χ1v) is 11.2. The largest absolute Gasteiger partial charge is 0.478 e. The number of rotatable bonds is 5. The van der Waals surface area contributed by atoms with Crippen molar-refractivity contribution in [1.82, 2.24) is 19.9 Å². The highest BCUT2D eigenvalue weighted by Crippen LogP contribution is 2.31. The van der Waals surface area contributed by atoms with Crippen molar-refractivity contribution in [3.05, 3.63) is 52.2 Å². The van der Waals surface area contributed by atoms with Gasteiger partial charge < -0.3 is 16.2 Å². The molecule has 3 aromatic rings. The third-order valence-corrected chi connectivity index (χ3v) is 6.68. The number of nitrogens with two attached hydrogens (primary N) is 1. The van der Waals surface area contributed by atoms with Crippen molar-refractivity contribution in [2.24, 2.45) is 0 Å². The van der Waals surface area contributed by atoms with Gasteiger partial charge in [0.2, 0.25) is 5.95 Å². The number of fused-ring (bicyclic) bond motifs is 2. The minimum Gasteiger partial charge on any atom is -0.478 e. The van der Waals surface area contributed by atoms with Gasteiger partial charge in [-0.3, -0.25) is 4.90 Å². The zero-order valence-electron chi connectivity index (χ0n) is 18.3. The topological polar surface area (TPSA) is 117 Å². The van der Waals surface area contributed by atoms with Gasteiger partial charge in [0.05, 0.1) is 10.9 Å². The molecule has 1 fully saturated rings. The summed E-state index contributed by atoms with van der Waals surface area (Å²) in [5.74, 6) is 0.152. The van der Waals surface area contributed by atoms with E-state index in [0.29, 0.717) is 23.0 Å². The second kappa shape index (κ2) is 8.35. The monoisotopic (exact) mass is 432 g/mol. The number of nitrogens with one attached hydrogen (secondary N) is 1. The highest BCUT2D eigenvalue weighted by molar-refractivity contribution is 5.90. The van der Waals surface area contributed by atoms with Crippen molar-refractivity contribution < 1.29 is 9.90 Å². The molecule has 2 aliphatic rings. The Morgan fingerprint density at radius 3 is 2.81 bits per heavy atom. The van der Waals surface area contributed by atoms with Crippen LogP contribution in [0.1, 0.15) is 52.0 Å². The summed E-state index contributed by atoms with van der Waals surface area (Å²) in [4.78, 5) is 27.6. The number of benzene rings is 1. The van der Waals surface area contributed by atoms with Crippen LogP contribution in [0.4, 0.5) is 11.8 Å². The minimum absolute atomic E-state index is 0.268. The van der Waals surface area contributed by atoms with Crippen LogP contribution in [0.5, 0.6) is 0 Å². The van der Waals surface area contributed by atoms with Crippen LogP contribution >= 0.6 is 0 Å². The highest BCUT2D eigenvalue weighted by Gasteiger charge is 2.23. The molecule has 0 bridgehead atoms. The molecule has 5 rings (SSSR count). The van der Waals surface area contributed by atoms with Crippen LogP contribution in [0.3, 0.4) is 0 Å².